The average molecular weight is 257 g/mol. The van der Waals surface area contributed by atoms with Gasteiger partial charge < -0.3 is 16.0 Å². The highest BCUT2D eigenvalue weighted by atomic mass is 16.2. The van der Waals surface area contributed by atoms with Crippen molar-refractivity contribution >= 4 is 11.8 Å². The molecule has 0 heterocycles. The highest BCUT2D eigenvalue weighted by Gasteiger charge is 2.35. The molecular formula is C13H27N3O2. The fourth-order valence-corrected chi connectivity index (χ4v) is 1.94. The summed E-state index contributed by atoms with van der Waals surface area (Å²) in [4.78, 5) is 25.4. The molecule has 0 rings (SSSR count). The van der Waals surface area contributed by atoms with Gasteiger partial charge in [-0.25, -0.2) is 0 Å². The number of nitrogens with one attached hydrogen (secondary N) is 1. The largest absolute Gasteiger partial charge is 0.355 e. The zero-order valence-corrected chi connectivity index (χ0v) is 12.1. The summed E-state index contributed by atoms with van der Waals surface area (Å²) < 4.78 is 0. The molecule has 0 aromatic rings. The topological polar surface area (TPSA) is 75.4 Å². The van der Waals surface area contributed by atoms with Crippen LogP contribution in [0.4, 0.5) is 0 Å². The molecule has 0 aliphatic carbocycles. The van der Waals surface area contributed by atoms with E-state index in [9.17, 15) is 9.59 Å². The molecule has 0 aromatic heterocycles. The lowest BCUT2D eigenvalue weighted by Gasteiger charge is -2.32. The quantitative estimate of drug-likeness (QED) is 0.673. The van der Waals surface area contributed by atoms with E-state index in [2.05, 4.69) is 5.32 Å². The minimum atomic E-state index is -0.528. The van der Waals surface area contributed by atoms with Gasteiger partial charge in [-0.05, 0) is 19.3 Å². The van der Waals surface area contributed by atoms with Crippen molar-refractivity contribution in [1.82, 2.24) is 10.2 Å². The van der Waals surface area contributed by atoms with Crippen LogP contribution in [0.5, 0.6) is 0 Å². The highest BCUT2D eigenvalue weighted by molar-refractivity contribution is 5.87. The molecule has 0 atom stereocenters. The number of carbonyl (C=O) groups is 2. The third-order valence-corrected chi connectivity index (χ3v) is 3.50. The van der Waals surface area contributed by atoms with Crippen molar-refractivity contribution in [2.45, 2.75) is 40.0 Å². The first kappa shape index (κ1) is 16.9. The van der Waals surface area contributed by atoms with E-state index in [1.54, 1.807) is 7.05 Å². The Kier molecular flexibility index (Phi) is 7.59. The van der Waals surface area contributed by atoms with Gasteiger partial charge in [0.25, 0.3) is 0 Å². The molecule has 3 N–H and O–H groups in total. The van der Waals surface area contributed by atoms with E-state index >= 15 is 0 Å². The van der Waals surface area contributed by atoms with Gasteiger partial charge in [0.15, 0.2) is 0 Å². The molecule has 0 saturated heterocycles. The lowest BCUT2D eigenvalue weighted by molar-refractivity contribution is -0.143. The van der Waals surface area contributed by atoms with Crippen LogP contribution in [0, 0.1) is 5.41 Å². The van der Waals surface area contributed by atoms with E-state index in [0.717, 1.165) is 6.42 Å². The normalized spacial score (nSPS) is 11.2. The zero-order valence-electron chi connectivity index (χ0n) is 12.1. The molecule has 5 heteroatoms. The summed E-state index contributed by atoms with van der Waals surface area (Å²) in [5.41, 5.74) is 5.20. The standard InChI is InChI=1S/C13H27N3O2/c1-5-8-15-11(17)9-16(4)12(18)13(6-2,7-3)10-14/h5-10,14H2,1-4H3,(H,15,17). The van der Waals surface area contributed by atoms with Crippen molar-refractivity contribution in [3.8, 4) is 0 Å². The SMILES string of the molecule is CCCNC(=O)CN(C)C(=O)C(CC)(CC)CN. The Hall–Kier alpha value is -1.10. The van der Waals surface area contributed by atoms with Crippen LogP contribution < -0.4 is 11.1 Å². The molecule has 0 bridgehead atoms. The Morgan fingerprint density at radius 2 is 1.78 bits per heavy atom. The Morgan fingerprint density at radius 1 is 1.22 bits per heavy atom. The molecule has 0 saturated carbocycles. The maximum Gasteiger partial charge on any atom is 0.239 e. The third-order valence-electron chi connectivity index (χ3n) is 3.50. The van der Waals surface area contributed by atoms with Crippen LogP contribution in [0.2, 0.25) is 0 Å². The first-order valence-corrected chi connectivity index (χ1v) is 6.69. The number of hydrogen-bond donors (Lipinski definition) is 2. The minimum absolute atomic E-state index is 0.0401. The van der Waals surface area contributed by atoms with Gasteiger partial charge in [-0.3, -0.25) is 9.59 Å². The van der Waals surface area contributed by atoms with E-state index in [4.69, 9.17) is 5.73 Å². The molecule has 0 fully saturated rings. The van der Waals surface area contributed by atoms with Crippen molar-refractivity contribution in [2.24, 2.45) is 11.1 Å². The predicted octanol–water partition coefficient (Wildman–Crippen LogP) is 0.736. The summed E-state index contributed by atoms with van der Waals surface area (Å²) in [6, 6.07) is 0. The van der Waals surface area contributed by atoms with Crippen LogP contribution in [0.15, 0.2) is 0 Å². The van der Waals surface area contributed by atoms with Gasteiger partial charge >= 0.3 is 0 Å². The fraction of sp³-hybridized carbons (Fsp3) is 0.846. The van der Waals surface area contributed by atoms with Crippen LogP contribution in [0.1, 0.15) is 40.0 Å². The number of likely N-dealkylation sites (N-methyl/N-ethyl adjacent to an activating group) is 1. The molecule has 0 aliphatic heterocycles. The minimum Gasteiger partial charge on any atom is -0.355 e. The molecule has 0 radical (unpaired) electrons. The molecule has 106 valence electrons. The second-order valence-corrected chi connectivity index (χ2v) is 4.70. The van der Waals surface area contributed by atoms with Crippen molar-refractivity contribution in [3.05, 3.63) is 0 Å². The molecule has 18 heavy (non-hydrogen) atoms. The lowest BCUT2D eigenvalue weighted by atomic mass is 9.81. The maximum absolute atomic E-state index is 12.3. The lowest BCUT2D eigenvalue weighted by Crippen LogP contribution is -2.49. The summed E-state index contributed by atoms with van der Waals surface area (Å²) in [6.45, 7) is 6.96. The zero-order chi connectivity index (χ0) is 14.2. The first-order valence-electron chi connectivity index (χ1n) is 6.69. The van der Waals surface area contributed by atoms with Gasteiger partial charge in [0.1, 0.15) is 0 Å². The molecular weight excluding hydrogens is 230 g/mol. The molecule has 0 unspecified atom stereocenters. The Morgan fingerprint density at radius 3 is 2.17 bits per heavy atom. The van der Waals surface area contributed by atoms with Gasteiger partial charge in [0, 0.05) is 20.1 Å². The molecule has 0 spiro atoms. The average Bonchev–Trinajstić information content (AvgIpc) is 2.38. The Balaban J connectivity index is 4.53. The van der Waals surface area contributed by atoms with E-state index < -0.39 is 5.41 Å². The van der Waals surface area contributed by atoms with Crippen LogP contribution >= 0.6 is 0 Å². The number of nitrogens with zero attached hydrogens (tertiary/aromatic N) is 1. The van der Waals surface area contributed by atoms with Crippen molar-refractivity contribution in [2.75, 3.05) is 26.7 Å². The van der Waals surface area contributed by atoms with E-state index in [1.807, 2.05) is 20.8 Å². The highest BCUT2D eigenvalue weighted by Crippen LogP contribution is 2.27. The molecule has 2 amide bonds. The van der Waals surface area contributed by atoms with E-state index in [-0.39, 0.29) is 18.4 Å². The summed E-state index contributed by atoms with van der Waals surface area (Å²) in [6.07, 6.45) is 2.28. The Labute approximate surface area is 110 Å². The fourth-order valence-electron chi connectivity index (χ4n) is 1.94. The number of hydrogen-bond acceptors (Lipinski definition) is 3. The number of carbonyl (C=O) groups excluding carboxylic acids is 2. The molecule has 0 aromatic carbocycles. The Bertz CT molecular complexity index is 267. The van der Waals surface area contributed by atoms with Crippen LogP contribution in [0.3, 0.4) is 0 Å². The number of amides is 2. The van der Waals surface area contributed by atoms with E-state index in [1.165, 1.54) is 4.90 Å². The predicted molar refractivity (Wildman–Crippen MR) is 73.0 cm³/mol. The summed E-state index contributed by atoms with van der Waals surface area (Å²) >= 11 is 0. The summed E-state index contributed by atoms with van der Waals surface area (Å²) in [5.74, 6) is -0.160. The summed E-state index contributed by atoms with van der Waals surface area (Å²) in [7, 11) is 1.66. The second kappa shape index (κ2) is 8.08. The van der Waals surface area contributed by atoms with Crippen molar-refractivity contribution in [1.29, 1.82) is 0 Å². The molecule has 5 nitrogen and oxygen atoms in total. The maximum atomic E-state index is 12.3. The molecule has 0 aliphatic rings. The van der Waals surface area contributed by atoms with E-state index in [0.29, 0.717) is 25.9 Å². The van der Waals surface area contributed by atoms with Crippen LogP contribution in [0.25, 0.3) is 0 Å². The number of rotatable bonds is 8. The van der Waals surface area contributed by atoms with Gasteiger partial charge in [-0.1, -0.05) is 20.8 Å². The smallest absolute Gasteiger partial charge is 0.239 e. The van der Waals surface area contributed by atoms with Crippen molar-refractivity contribution in [3.63, 3.8) is 0 Å². The number of nitrogens with two attached hydrogens (primary N) is 1. The van der Waals surface area contributed by atoms with Gasteiger partial charge in [0.2, 0.25) is 11.8 Å². The van der Waals surface area contributed by atoms with Crippen LogP contribution in [-0.4, -0.2) is 43.4 Å². The second-order valence-electron chi connectivity index (χ2n) is 4.70. The first-order chi connectivity index (χ1) is 8.47. The van der Waals surface area contributed by atoms with Gasteiger partial charge in [-0.2, -0.15) is 0 Å². The monoisotopic (exact) mass is 257 g/mol. The van der Waals surface area contributed by atoms with Gasteiger partial charge in [-0.15, -0.1) is 0 Å². The third kappa shape index (κ3) is 4.29. The van der Waals surface area contributed by atoms with Crippen molar-refractivity contribution < 1.29 is 9.59 Å². The van der Waals surface area contributed by atoms with Gasteiger partial charge in [0.05, 0.1) is 12.0 Å². The summed E-state index contributed by atoms with van der Waals surface area (Å²) in [5, 5.41) is 2.76. The van der Waals surface area contributed by atoms with Crippen LogP contribution in [-0.2, 0) is 9.59 Å².